The summed E-state index contributed by atoms with van der Waals surface area (Å²) in [5.41, 5.74) is 2.50. The molecule has 1 atom stereocenters. The van der Waals surface area contributed by atoms with Gasteiger partial charge in [-0.15, -0.1) is 0 Å². The van der Waals surface area contributed by atoms with Crippen molar-refractivity contribution in [2.75, 3.05) is 0 Å². The van der Waals surface area contributed by atoms with Crippen LogP contribution in [0.15, 0.2) is 4.99 Å². The van der Waals surface area contributed by atoms with Crippen molar-refractivity contribution in [3.63, 3.8) is 0 Å². The third kappa shape index (κ3) is 3.92. The highest BCUT2D eigenvalue weighted by Crippen LogP contribution is 2.17. The number of nitrogens with zero attached hydrogens (tertiary/aromatic N) is 1. The molecule has 1 unspecified atom stereocenters. The Hall–Kier alpha value is -1.63. The molecule has 0 aromatic rings. The predicted molar refractivity (Wildman–Crippen MR) is 70.9 cm³/mol. The molecule has 2 fully saturated rings. The Morgan fingerprint density at radius 1 is 1.21 bits per heavy atom. The molecule has 0 aromatic heterocycles. The molecule has 0 bridgehead atoms. The molecule has 106 valence electrons. The van der Waals surface area contributed by atoms with Gasteiger partial charge in [-0.05, 0) is 19.3 Å². The fourth-order valence-corrected chi connectivity index (χ4v) is 2.52. The van der Waals surface area contributed by atoms with Gasteiger partial charge in [0, 0.05) is 12.5 Å². The molecule has 19 heavy (non-hydrogen) atoms. The van der Waals surface area contributed by atoms with E-state index in [-0.39, 0.29) is 11.8 Å². The Morgan fingerprint density at radius 3 is 2.58 bits per heavy atom. The maximum absolute atomic E-state index is 11.6. The molecule has 2 rings (SSSR count). The minimum atomic E-state index is -0.542. The maximum Gasteiger partial charge on any atom is 0.251 e. The fourth-order valence-electron chi connectivity index (χ4n) is 2.52. The van der Waals surface area contributed by atoms with Crippen molar-refractivity contribution in [2.24, 2.45) is 10.8 Å². The normalized spacial score (nSPS) is 25.9. The first-order valence-electron chi connectivity index (χ1n) is 6.83. The Morgan fingerprint density at radius 2 is 1.95 bits per heavy atom. The smallest absolute Gasteiger partial charge is 0.251 e. The number of hydrazine groups is 1. The molecule has 1 heterocycles. The van der Waals surface area contributed by atoms with Crippen molar-refractivity contribution in [3.05, 3.63) is 0 Å². The molecule has 1 aliphatic carbocycles. The van der Waals surface area contributed by atoms with Crippen molar-refractivity contribution < 1.29 is 9.59 Å². The summed E-state index contributed by atoms with van der Waals surface area (Å²) in [6.07, 6.45) is 6.62. The number of nitrogens with two attached hydrogens (primary N) is 1. The first kappa shape index (κ1) is 13.8. The Labute approximate surface area is 112 Å². The van der Waals surface area contributed by atoms with E-state index in [4.69, 9.17) is 5.84 Å². The number of aliphatic imine (C=N–C) groups is 1. The molecular formula is C12H21N5O2. The lowest BCUT2D eigenvalue weighted by Gasteiger charge is -2.25. The lowest BCUT2D eigenvalue weighted by atomic mass is 9.96. The first-order valence-corrected chi connectivity index (χ1v) is 6.83. The number of hydrogen-bond donors (Lipinski definition) is 4. The summed E-state index contributed by atoms with van der Waals surface area (Å²) in [7, 11) is 0. The zero-order valence-corrected chi connectivity index (χ0v) is 10.9. The Balaban J connectivity index is 1.93. The lowest BCUT2D eigenvalue weighted by Crippen LogP contribution is -2.50. The van der Waals surface area contributed by atoms with E-state index in [1.165, 1.54) is 19.3 Å². The van der Waals surface area contributed by atoms with Gasteiger partial charge in [-0.2, -0.15) is 0 Å². The van der Waals surface area contributed by atoms with E-state index in [0.29, 0.717) is 24.8 Å². The van der Waals surface area contributed by atoms with Gasteiger partial charge in [0.1, 0.15) is 6.04 Å². The topological polar surface area (TPSA) is 109 Å². The Kier molecular flexibility index (Phi) is 4.73. The highest BCUT2D eigenvalue weighted by atomic mass is 16.2. The standard InChI is InChI=1S/C12H21N5O2/c13-17-12(14-8-4-2-1-3-5-8)15-9-6-7-10(18)16-11(9)19/h8-9H,1-7,13H2,(H2,14,15,17)(H,16,18,19). The average Bonchev–Trinajstić information content (AvgIpc) is 2.42. The van der Waals surface area contributed by atoms with E-state index in [1.807, 2.05) is 0 Å². The second kappa shape index (κ2) is 6.51. The molecule has 7 heteroatoms. The number of hydrogen-bond acceptors (Lipinski definition) is 4. The molecule has 7 nitrogen and oxygen atoms in total. The van der Waals surface area contributed by atoms with Gasteiger partial charge in [-0.3, -0.25) is 20.3 Å². The quantitative estimate of drug-likeness (QED) is 0.178. The third-order valence-electron chi connectivity index (χ3n) is 3.58. The molecule has 2 amide bonds. The molecule has 0 radical (unpaired) electrons. The second-order valence-electron chi connectivity index (χ2n) is 5.07. The van der Waals surface area contributed by atoms with Gasteiger partial charge in [0.15, 0.2) is 0 Å². The van der Waals surface area contributed by atoms with Crippen molar-refractivity contribution in [1.29, 1.82) is 0 Å². The number of amides is 2. The monoisotopic (exact) mass is 267 g/mol. The van der Waals surface area contributed by atoms with Crippen LogP contribution in [0.2, 0.25) is 0 Å². The molecule has 2 aliphatic rings. The van der Waals surface area contributed by atoms with Crippen molar-refractivity contribution in [2.45, 2.75) is 57.0 Å². The van der Waals surface area contributed by atoms with E-state index >= 15 is 0 Å². The molecule has 0 aromatic carbocycles. The van der Waals surface area contributed by atoms with Gasteiger partial charge < -0.3 is 5.32 Å². The highest BCUT2D eigenvalue weighted by molar-refractivity contribution is 6.01. The number of carbonyl (C=O) groups is 2. The SMILES string of the molecule is NNC(=NC1CCC(=O)NC1=O)NC1CCCCC1. The molecule has 5 N–H and O–H groups in total. The van der Waals surface area contributed by atoms with Crippen LogP contribution in [0.5, 0.6) is 0 Å². The van der Waals surface area contributed by atoms with Crippen LogP contribution in [0.1, 0.15) is 44.9 Å². The first-order chi connectivity index (χ1) is 9.19. The van der Waals surface area contributed by atoms with Crippen LogP contribution in [0.3, 0.4) is 0 Å². The maximum atomic E-state index is 11.6. The number of piperidine rings is 1. The van der Waals surface area contributed by atoms with Crippen LogP contribution in [0.4, 0.5) is 0 Å². The van der Waals surface area contributed by atoms with Crippen molar-refractivity contribution in [3.8, 4) is 0 Å². The largest absolute Gasteiger partial charge is 0.353 e. The van der Waals surface area contributed by atoms with E-state index < -0.39 is 6.04 Å². The molecular weight excluding hydrogens is 246 g/mol. The summed E-state index contributed by atoms with van der Waals surface area (Å²) in [6.45, 7) is 0. The van der Waals surface area contributed by atoms with Gasteiger partial charge in [0.05, 0.1) is 0 Å². The van der Waals surface area contributed by atoms with Crippen LogP contribution >= 0.6 is 0 Å². The zero-order valence-electron chi connectivity index (χ0n) is 10.9. The van der Waals surface area contributed by atoms with Gasteiger partial charge in [0.25, 0.3) is 5.91 Å². The van der Waals surface area contributed by atoms with Crippen LogP contribution in [0, 0.1) is 0 Å². The van der Waals surface area contributed by atoms with E-state index in [2.05, 4.69) is 21.1 Å². The van der Waals surface area contributed by atoms with E-state index in [9.17, 15) is 9.59 Å². The summed E-state index contributed by atoms with van der Waals surface area (Å²) in [5.74, 6) is 5.28. The summed E-state index contributed by atoms with van der Waals surface area (Å²) >= 11 is 0. The minimum absolute atomic E-state index is 0.237. The molecule has 0 spiro atoms. The second-order valence-corrected chi connectivity index (χ2v) is 5.07. The number of guanidine groups is 1. The van der Waals surface area contributed by atoms with Gasteiger partial charge in [-0.1, -0.05) is 19.3 Å². The predicted octanol–water partition coefficient (Wildman–Crippen LogP) is -0.467. The van der Waals surface area contributed by atoms with Crippen LogP contribution in [0.25, 0.3) is 0 Å². The van der Waals surface area contributed by atoms with Crippen molar-refractivity contribution in [1.82, 2.24) is 16.1 Å². The van der Waals surface area contributed by atoms with Crippen molar-refractivity contribution >= 4 is 17.8 Å². The summed E-state index contributed by atoms with van der Waals surface area (Å²) < 4.78 is 0. The van der Waals surface area contributed by atoms with Crippen LogP contribution in [-0.4, -0.2) is 29.9 Å². The van der Waals surface area contributed by atoms with E-state index in [1.54, 1.807) is 0 Å². The van der Waals surface area contributed by atoms with Crippen LogP contribution < -0.4 is 21.9 Å². The minimum Gasteiger partial charge on any atom is -0.353 e. The fraction of sp³-hybridized carbons (Fsp3) is 0.750. The molecule has 1 aliphatic heterocycles. The summed E-state index contributed by atoms with van der Waals surface area (Å²) in [6, 6.07) is -0.184. The Bertz CT molecular complexity index is 376. The molecule has 1 saturated carbocycles. The number of rotatable bonds is 2. The number of nitrogens with one attached hydrogen (secondary N) is 3. The summed E-state index contributed by atoms with van der Waals surface area (Å²) in [4.78, 5) is 26.9. The number of carbonyl (C=O) groups excluding carboxylic acids is 2. The van der Waals surface area contributed by atoms with Crippen LogP contribution in [-0.2, 0) is 9.59 Å². The van der Waals surface area contributed by atoms with Gasteiger partial charge in [-0.25, -0.2) is 10.8 Å². The third-order valence-corrected chi connectivity index (χ3v) is 3.58. The lowest BCUT2D eigenvalue weighted by molar-refractivity contribution is -0.133. The zero-order chi connectivity index (χ0) is 13.7. The molecule has 1 saturated heterocycles. The van der Waals surface area contributed by atoms with Gasteiger partial charge >= 0.3 is 0 Å². The highest BCUT2D eigenvalue weighted by Gasteiger charge is 2.26. The summed E-state index contributed by atoms with van der Waals surface area (Å²) in [5, 5.41) is 5.51. The van der Waals surface area contributed by atoms with E-state index in [0.717, 1.165) is 12.8 Å². The number of imide groups is 1. The van der Waals surface area contributed by atoms with Gasteiger partial charge in [0.2, 0.25) is 11.9 Å². The average molecular weight is 267 g/mol.